The van der Waals surface area contributed by atoms with Crippen molar-refractivity contribution in [3.63, 3.8) is 0 Å². The fourth-order valence-corrected chi connectivity index (χ4v) is 3.36. The summed E-state index contributed by atoms with van der Waals surface area (Å²) in [4.78, 5) is 2.86. The molecule has 1 aliphatic heterocycles. The molecule has 14 heavy (non-hydrogen) atoms. The number of hydrogen-bond acceptors (Lipinski definition) is 3. The predicted molar refractivity (Wildman–Crippen MR) is 63.2 cm³/mol. The van der Waals surface area contributed by atoms with Crippen LogP contribution in [0.4, 0.5) is 5.69 Å². The van der Waals surface area contributed by atoms with Crippen LogP contribution in [-0.4, -0.2) is 15.5 Å². The van der Waals surface area contributed by atoms with Gasteiger partial charge in [0.1, 0.15) is 0 Å². The molecule has 0 spiro atoms. The summed E-state index contributed by atoms with van der Waals surface area (Å²) in [5.74, 6) is 0. The molecule has 1 heterocycles. The summed E-state index contributed by atoms with van der Waals surface area (Å²) >= 11 is 4.34. The molecule has 0 aliphatic carbocycles. The van der Waals surface area contributed by atoms with Crippen molar-refractivity contribution in [2.45, 2.75) is 9.60 Å². The minimum Gasteiger partial charge on any atom is -0.344 e. The Morgan fingerprint density at radius 2 is 2.29 bits per heavy atom. The minimum absolute atomic E-state index is 0.245. The van der Waals surface area contributed by atoms with Crippen LogP contribution in [0.3, 0.4) is 0 Å². The second-order valence-electron chi connectivity index (χ2n) is 3.03. The highest BCUT2D eigenvalue weighted by molar-refractivity contribution is 8.01. The molecule has 2 atom stereocenters. The fraction of sp³-hybridized carbons (Fsp3) is 0.200. The average molecular weight is 225 g/mol. The van der Waals surface area contributed by atoms with E-state index >= 15 is 0 Å². The molecule has 0 radical (unpaired) electrons. The van der Waals surface area contributed by atoms with Gasteiger partial charge in [-0.3, -0.25) is 4.21 Å². The quantitative estimate of drug-likeness (QED) is 0.614. The zero-order chi connectivity index (χ0) is 10.1. The van der Waals surface area contributed by atoms with E-state index in [0.717, 1.165) is 10.6 Å². The van der Waals surface area contributed by atoms with Crippen LogP contribution in [0.25, 0.3) is 0 Å². The molecule has 0 saturated carbocycles. The standard InChI is InChI=1S/C10H11NOS2/c1-2-7-11-8-5-3-4-6-9(8)14(12)10(11)13/h2-6,10,13H,1,7H2. The molecule has 0 aromatic heterocycles. The summed E-state index contributed by atoms with van der Waals surface area (Å²) in [6, 6.07) is 7.69. The third kappa shape index (κ3) is 1.38. The Bertz CT molecular complexity index is 391. The molecule has 0 N–H and O–H groups in total. The van der Waals surface area contributed by atoms with Crippen LogP contribution in [0, 0.1) is 0 Å². The van der Waals surface area contributed by atoms with Gasteiger partial charge in [0.05, 0.1) is 21.4 Å². The number of nitrogens with zero attached hydrogens (tertiary/aromatic N) is 1. The van der Waals surface area contributed by atoms with Crippen LogP contribution in [0.5, 0.6) is 0 Å². The monoisotopic (exact) mass is 225 g/mol. The van der Waals surface area contributed by atoms with E-state index in [9.17, 15) is 4.21 Å². The van der Waals surface area contributed by atoms with Gasteiger partial charge in [-0.05, 0) is 12.1 Å². The van der Waals surface area contributed by atoms with E-state index in [0.29, 0.717) is 6.54 Å². The highest BCUT2D eigenvalue weighted by Crippen LogP contribution is 2.36. The largest absolute Gasteiger partial charge is 0.344 e. The molecular formula is C10H11NOS2. The van der Waals surface area contributed by atoms with E-state index in [-0.39, 0.29) is 4.71 Å². The second kappa shape index (κ2) is 3.79. The summed E-state index contributed by atoms with van der Waals surface area (Å²) in [6.07, 6.45) is 1.79. The Morgan fingerprint density at radius 1 is 1.57 bits per heavy atom. The third-order valence-electron chi connectivity index (χ3n) is 2.18. The van der Waals surface area contributed by atoms with Gasteiger partial charge in [0.2, 0.25) is 0 Å². The second-order valence-corrected chi connectivity index (χ2v) is 5.35. The number of benzene rings is 1. The molecule has 0 bridgehead atoms. The zero-order valence-corrected chi connectivity index (χ0v) is 9.30. The number of thiol groups is 1. The van der Waals surface area contributed by atoms with Gasteiger partial charge < -0.3 is 4.90 Å². The van der Waals surface area contributed by atoms with Gasteiger partial charge in [0, 0.05) is 6.54 Å². The summed E-state index contributed by atoms with van der Waals surface area (Å²) in [5.41, 5.74) is 1.01. The first kappa shape index (κ1) is 9.80. The van der Waals surface area contributed by atoms with Gasteiger partial charge in [-0.2, -0.15) is 0 Å². The molecule has 1 aromatic carbocycles. The third-order valence-corrected chi connectivity index (χ3v) is 4.44. The minimum atomic E-state index is -1.03. The highest BCUT2D eigenvalue weighted by Gasteiger charge is 2.32. The first-order valence-electron chi connectivity index (χ1n) is 4.31. The Balaban J connectivity index is 2.47. The fourth-order valence-electron chi connectivity index (χ4n) is 1.54. The summed E-state index contributed by atoms with van der Waals surface area (Å²) in [7, 11) is -1.03. The van der Waals surface area contributed by atoms with Crippen LogP contribution < -0.4 is 4.90 Å². The molecule has 1 aliphatic rings. The molecule has 4 heteroatoms. The van der Waals surface area contributed by atoms with E-state index < -0.39 is 10.8 Å². The average Bonchev–Trinajstić information content (AvgIpc) is 2.45. The maximum Gasteiger partial charge on any atom is 0.154 e. The molecule has 1 aromatic rings. The summed E-state index contributed by atoms with van der Waals surface area (Å²) < 4.78 is 11.6. The van der Waals surface area contributed by atoms with Crippen molar-refractivity contribution in [3.05, 3.63) is 36.9 Å². The molecule has 0 amide bonds. The van der Waals surface area contributed by atoms with Gasteiger partial charge in [0.15, 0.2) is 4.71 Å². The maximum atomic E-state index is 11.8. The van der Waals surface area contributed by atoms with Crippen molar-refractivity contribution in [3.8, 4) is 0 Å². The van der Waals surface area contributed by atoms with Crippen molar-refractivity contribution in [1.82, 2.24) is 0 Å². The Hall–Kier alpha value is -0.740. The molecular weight excluding hydrogens is 214 g/mol. The van der Waals surface area contributed by atoms with Crippen molar-refractivity contribution >= 4 is 29.1 Å². The normalized spacial score (nSPS) is 24.8. The van der Waals surface area contributed by atoms with Crippen molar-refractivity contribution in [1.29, 1.82) is 0 Å². The van der Waals surface area contributed by atoms with Crippen LogP contribution in [0.2, 0.25) is 0 Å². The van der Waals surface area contributed by atoms with E-state index in [1.807, 2.05) is 29.2 Å². The predicted octanol–water partition coefficient (Wildman–Crippen LogP) is 2.01. The Labute approximate surface area is 91.5 Å². The van der Waals surface area contributed by atoms with Crippen LogP contribution in [0.1, 0.15) is 0 Å². The summed E-state index contributed by atoms with van der Waals surface area (Å²) in [5, 5.41) is 0. The highest BCUT2D eigenvalue weighted by atomic mass is 32.2. The van der Waals surface area contributed by atoms with Gasteiger partial charge in [-0.15, -0.1) is 19.2 Å². The topological polar surface area (TPSA) is 20.3 Å². The molecule has 74 valence electrons. The zero-order valence-electron chi connectivity index (χ0n) is 7.59. The molecule has 0 fully saturated rings. The van der Waals surface area contributed by atoms with E-state index in [2.05, 4.69) is 19.2 Å². The van der Waals surface area contributed by atoms with Crippen LogP contribution in [-0.2, 0) is 10.8 Å². The van der Waals surface area contributed by atoms with E-state index in [4.69, 9.17) is 0 Å². The molecule has 0 saturated heterocycles. The first-order valence-corrected chi connectivity index (χ1v) is 6.04. The van der Waals surface area contributed by atoms with Gasteiger partial charge >= 0.3 is 0 Å². The van der Waals surface area contributed by atoms with Gasteiger partial charge in [-0.1, -0.05) is 18.2 Å². The number of hydrogen-bond donors (Lipinski definition) is 1. The lowest BCUT2D eigenvalue weighted by atomic mass is 10.3. The Kier molecular flexibility index (Phi) is 2.65. The summed E-state index contributed by atoms with van der Waals surface area (Å²) in [6.45, 7) is 4.36. The van der Waals surface area contributed by atoms with Crippen molar-refractivity contribution in [2.75, 3.05) is 11.4 Å². The number of fused-ring (bicyclic) bond motifs is 1. The number of para-hydroxylation sites is 1. The van der Waals surface area contributed by atoms with Crippen molar-refractivity contribution in [2.24, 2.45) is 0 Å². The maximum absolute atomic E-state index is 11.8. The molecule has 2 nitrogen and oxygen atoms in total. The van der Waals surface area contributed by atoms with Crippen molar-refractivity contribution < 1.29 is 4.21 Å². The number of anilines is 1. The van der Waals surface area contributed by atoms with E-state index in [1.54, 1.807) is 6.08 Å². The smallest absolute Gasteiger partial charge is 0.154 e. The van der Waals surface area contributed by atoms with E-state index in [1.165, 1.54) is 0 Å². The van der Waals surface area contributed by atoms with Crippen LogP contribution in [0.15, 0.2) is 41.8 Å². The lowest BCUT2D eigenvalue weighted by Gasteiger charge is -2.20. The Morgan fingerprint density at radius 3 is 3.00 bits per heavy atom. The van der Waals surface area contributed by atoms with Crippen LogP contribution >= 0.6 is 12.6 Å². The lowest BCUT2D eigenvalue weighted by Crippen LogP contribution is -2.28. The van der Waals surface area contributed by atoms with Gasteiger partial charge in [0.25, 0.3) is 0 Å². The molecule has 2 unspecified atom stereocenters. The number of rotatable bonds is 2. The first-order chi connectivity index (χ1) is 6.75. The van der Waals surface area contributed by atoms with Gasteiger partial charge in [-0.25, -0.2) is 0 Å². The lowest BCUT2D eigenvalue weighted by molar-refractivity contribution is 0.683. The molecule has 2 rings (SSSR count). The SMILES string of the molecule is C=CCN1c2ccccc2S(=O)C1S.